The first-order valence-corrected chi connectivity index (χ1v) is 6.84. The number of rotatable bonds is 6. The number of nitrogens with one attached hydrogen (secondary N) is 1. The molecule has 0 aliphatic carbocycles. The van der Waals surface area contributed by atoms with Crippen LogP contribution in [0.1, 0.15) is 31.9 Å². The standard InChI is InChI=1S/C16H25NO3/c1-11(2)17-16(5,15(18)19-6)10-20-14-8-7-12(3)13(4)9-14/h7-9,11,17H,10H2,1-6H3. The lowest BCUT2D eigenvalue weighted by Gasteiger charge is -2.30. The number of carbonyl (C=O) groups is 1. The number of hydrogen-bond acceptors (Lipinski definition) is 4. The Balaban J connectivity index is 2.80. The molecule has 4 heteroatoms. The van der Waals surface area contributed by atoms with Gasteiger partial charge in [-0.3, -0.25) is 5.32 Å². The van der Waals surface area contributed by atoms with E-state index in [-0.39, 0.29) is 18.6 Å². The van der Waals surface area contributed by atoms with Crippen LogP contribution in [0.3, 0.4) is 0 Å². The van der Waals surface area contributed by atoms with Gasteiger partial charge in [-0.15, -0.1) is 0 Å². The van der Waals surface area contributed by atoms with E-state index < -0.39 is 5.54 Å². The van der Waals surface area contributed by atoms with Gasteiger partial charge in [0.25, 0.3) is 0 Å². The Morgan fingerprint density at radius 1 is 1.30 bits per heavy atom. The molecular formula is C16H25NO3. The molecule has 112 valence electrons. The Morgan fingerprint density at radius 3 is 2.45 bits per heavy atom. The Bertz CT molecular complexity index is 471. The molecule has 0 saturated carbocycles. The topological polar surface area (TPSA) is 47.6 Å². The van der Waals surface area contributed by atoms with E-state index in [9.17, 15) is 4.79 Å². The maximum absolute atomic E-state index is 11.9. The lowest BCUT2D eigenvalue weighted by Crippen LogP contribution is -2.56. The first-order chi connectivity index (χ1) is 9.28. The fourth-order valence-electron chi connectivity index (χ4n) is 2.05. The largest absolute Gasteiger partial charge is 0.491 e. The maximum atomic E-state index is 11.9. The summed E-state index contributed by atoms with van der Waals surface area (Å²) < 4.78 is 10.6. The van der Waals surface area contributed by atoms with Crippen LogP contribution in [0.2, 0.25) is 0 Å². The van der Waals surface area contributed by atoms with Gasteiger partial charge in [-0.05, 0) is 57.9 Å². The van der Waals surface area contributed by atoms with Crippen LogP contribution in [0, 0.1) is 13.8 Å². The van der Waals surface area contributed by atoms with Gasteiger partial charge in [-0.2, -0.15) is 0 Å². The summed E-state index contributed by atoms with van der Waals surface area (Å²) in [5.74, 6) is 0.434. The van der Waals surface area contributed by atoms with E-state index in [1.807, 2.05) is 39.0 Å². The lowest BCUT2D eigenvalue weighted by atomic mass is 10.0. The highest BCUT2D eigenvalue weighted by Crippen LogP contribution is 2.18. The van der Waals surface area contributed by atoms with Crippen molar-refractivity contribution in [3.05, 3.63) is 29.3 Å². The summed E-state index contributed by atoms with van der Waals surface area (Å²) >= 11 is 0. The molecule has 0 aliphatic heterocycles. The van der Waals surface area contributed by atoms with Crippen LogP contribution in [0.4, 0.5) is 0 Å². The van der Waals surface area contributed by atoms with Crippen molar-refractivity contribution in [2.75, 3.05) is 13.7 Å². The molecule has 0 aliphatic rings. The lowest BCUT2D eigenvalue weighted by molar-refractivity contribution is -0.149. The number of methoxy groups -OCH3 is 1. The minimum absolute atomic E-state index is 0.155. The predicted octanol–water partition coefficient (Wildman–Crippen LogP) is 2.61. The van der Waals surface area contributed by atoms with Crippen molar-refractivity contribution in [3.63, 3.8) is 0 Å². The number of ether oxygens (including phenoxy) is 2. The van der Waals surface area contributed by atoms with Gasteiger partial charge in [-0.1, -0.05) is 6.07 Å². The van der Waals surface area contributed by atoms with Gasteiger partial charge in [0.05, 0.1) is 7.11 Å². The number of carbonyl (C=O) groups excluding carboxylic acids is 1. The molecule has 0 spiro atoms. The first-order valence-electron chi connectivity index (χ1n) is 6.84. The Morgan fingerprint density at radius 2 is 1.95 bits per heavy atom. The van der Waals surface area contributed by atoms with Gasteiger partial charge in [0.2, 0.25) is 0 Å². The van der Waals surface area contributed by atoms with Crippen LogP contribution in [-0.2, 0) is 9.53 Å². The quantitative estimate of drug-likeness (QED) is 0.813. The van der Waals surface area contributed by atoms with E-state index in [0.29, 0.717) is 0 Å². The van der Waals surface area contributed by atoms with Gasteiger partial charge in [-0.25, -0.2) is 4.79 Å². The van der Waals surface area contributed by atoms with Crippen molar-refractivity contribution in [2.24, 2.45) is 0 Å². The molecule has 4 nitrogen and oxygen atoms in total. The Labute approximate surface area is 121 Å². The predicted molar refractivity (Wildman–Crippen MR) is 80.1 cm³/mol. The summed E-state index contributed by atoms with van der Waals surface area (Å²) in [6.45, 7) is 10.1. The van der Waals surface area contributed by atoms with Crippen molar-refractivity contribution in [2.45, 2.75) is 46.2 Å². The molecule has 20 heavy (non-hydrogen) atoms. The van der Waals surface area contributed by atoms with Crippen molar-refractivity contribution in [3.8, 4) is 5.75 Å². The zero-order valence-corrected chi connectivity index (χ0v) is 13.2. The average Bonchev–Trinajstić information content (AvgIpc) is 2.38. The highest BCUT2D eigenvalue weighted by atomic mass is 16.5. The molecule has 0 bridgehead atoms. The third-order valence-electron chi connectivity index (χ3n) is 3.25. The summed E-state index contributed by atoms with van der Waals surface area (Å²) in [5.41, 5.74) is 1.52. The Kier molecular flexibility index (Phi) is 5.57. The second-order valence-corrected chi connectivity index (χ2v) is 5.66. The zero-order chi connectivity index (χ0) is 15.3. The molecule has 1 rings (SSSR count). The van der Waals surface area contributed by atoms with E-state index in [1.54, 1.807) is 6.92 Å². The molecule has 0 radical (unpaired) electrons. The molecule has 0 amide bonds. The van der Waals surface area contributed by atoms with Gasteiger partial charge < -0.3 is 9.47 Å². The maximum Gasteiger partial charge on any atom is 0.329 e. The number of esters is 1. The molecule has 1 aromatic rings. The van der Waals surface area contributed by atoms with Gasteiger partial charge in [0.15, 0.2) is 0 Å². The summed E-state index contributed by atoms with van der Waals surface area (Å²) in [6, 6.07) is 6.05. The molecule has 1 N–H and O–H groups in total. The van der Waals surface area contributed by atoms with Gasteiger partial charge >= 0.3 is 5.97 Å². The monoisotopic (exact) mass is 279 g/mol. The molecule has 1 atom stereocenters. The fourth-order valence-corrected chi connectivity index (χ4v) is 2.05. The van der Waals surface area contributed by atoms with Crippen LogP contribution in [0.25, 0.3) is 0 Å². The van der Waals surface area contributed by atoms with E-state index in [4.69, 9.17) is 9.47 Å². The summed E-state index contributed by atoms with van der Waals surface area (Å²) in [4.78, 5) is 11.9. The third kappa shape index (κ3) is 4.23. The number of hydrogen-bond donors (Lipinski definition) is 1. The van der Waals surface area contributed by atoms with E-state index in [0.717, 1.165) is 5.75 Å². The normalized spacial score (nSPS) is 13.9. The van der Waals surface area contributed by atoms with E-state index >= 15 is 0 Å². The first kappa shape index (κ1) is 16.5. The summed E-state index contributed by atoms with van der Waals surface area (Å²) in [6.07, 6.45) is 0. The zero-order valence-electron chi connectivity index (χ0n) is 13.2. The summed E-state index contributed by atoms with van der Waals surface area (Å²) in [5, 5.41) is 3.20. The highest BCUT2D eigenvalue weighted by molar-refractivity contribution is 5.80. The van der Waals surface area contributed by atoms with E-state index in [1.165, 1.54) is 18.2 Å². The minimum atomic E-state index is -0.859. The molecule has 1 aromatic carbocycles. The van der Waals surface area contributed by atoms with Crippen LogP contribution in [-0.4, -0.2) is 31.3 Å². The fraction of sp³-hybridized carbons (Fsp3) is 0.562. The number of aryl methyl sites for hydroxylation is 2. The average molecular weight is 279 g/mol. The smallest absolute Gasteiger partial charge is 0.329 e. The molecule has 1 unspecified atom stereocenters. The van der Waals surface area contributed by atoms with Crippen molar-refractivity contribution in [1.29, 1.82) is 0 Å². The second-order valence-electron chi connectivity index (χ2n) is 5.66. The SMILES string of the molecule is COC(=O)C(C)(COc1ccc(C)c(C)c1)NC(C)C. The van der Waals surface area contributed by atoms with Gasteiger partial charge in [0, 0.05) is 6.04 Å². The molecule has 0 fully saturated rings. The minimum Gasteiger partial charge on any atom is -0.491 e. The van der Waals surface area contributed by atoms with Gasteiger partial charge in [0.1, 0.15) is 17.9 Å². The summed E-state index contributed by atoms with van der Waals surface area (Å²) in [7, 11) is 1.39. The van der Waals surface area contributed by atoms with Crippen molar-refractivity contribution < 1.29 is 14.3 Å². The molecular weight excluding hydrogens is 254 g/mol. The van der Waals surface area contributed by atoms with Crippen LogP contribution in [0.5, 0.6) is 5.75 Å². The second kappa shape index (κ2) is 6.75. The van der Waals surface area contributed by atoms with Crippen molar-refractivity contribution >= 4 is 5.97 Å². The van der Waals surface area contributed by atoms with E-state index in [2.05, 4.69) is 12.2 Å². The molecule has 0 heterocycles. The number of benzene rings is 1. The van der Waals surface area contributed by atoms with Crippen molar-refractivity contribution in [1.82, 2.24) is 5.32 Å². The highest BCUT2D eigenvalue weighted by Gasteiger charge is 2.35. The molecule has 0 aromatic heterocycles. The van der Waals surface area contributed by atoms with Crippen LogP contribution in [0.15, 0.2) is 18.2 Å². The third-order valence-corrected chi connectivity index (χ3v) is 3.25. The molecule has 0 saturated heterocycles. The van der Waals surface area contributed by atoms with Crippen LogP contribution < -0.4 is 10.1 Å². The van der Waals surface area contributed by atoms with Crippen LogP contribution >= 0.6 is 0 Å². The Hall–Kier alpha value is -1.55.